The molecule has 8 nitrogen and oxygen atoms in total. The molecule has 3 heterocycles. The second kappa shape index (κ2) is 7.89. The summed E-state index contributed by atoms with van der Waals surface area (Å²) in [5.74, 6) is -1.87. The van der Waals surface area contributed by atoms with Crippen molar-refractivity contribution in [1.82, 2.24) is 15.5 Å². The van der Waals surface area contributed by atoms with Crippen molar-refractivity contribution in [2.24, 2.45) is 0 Å². The molecular weight excluding hydrogens is 384 g/mol. The minimum absolute atomic E-state index is 0. The molecule has 2 saturated heterocycles. The maximum absolute atomic E-state index is 13.1. The minimum atomic E-state index is -0.932. The molecule has 150 valence electrons. The lowest BCUT2D eigenvalue weighted by molar-refractivity contribution is -0.136. The van der Waals surface area contributed by atoms with Gasteiger partial charge in [-0.3, -0.25) is 29.4 Å². The molecule has 0 saturated carbocycles. The van der Waals surface area contributed by atoms with Crippen molar-refractivity contribution in [3.63, 3.8) is 0 Å². The molecule has 4 amide bonds. The van der Waals surface area contributed by atoms with Crippen LogP contribution in [-0.4, -0.2) is 60.7 Å². The molecule has 0 aromatic heterocycles. The summed E-state index contributed by atoms with van der Waals surface area (Å²) in [4.78, 5) is 52.7. The van der Waals surface area contributed by atoms with Gasteiger partial charge in [0.2, 0.25) is 11.8 Å². The number of hydrogen-bond donors (Lipinski definition) is 2. The fourth-order valence-electron chi connectivity index (χ4n) is 4.17. The van der Waals surface area contributed by atoms with E-state index < -0.39 is 23.8 Å². The Bertz CT molecular complexity index is 835. The zero-order chi connectivity index (χ0) is 19.1. The van der Waals surface area contributed by atoms with Crippen molar-refractivity contribution >= 4 is 41.7 Å². The number of carbonyl (C=O) groups is 4. The van der Waals surface area contributed by atoms with Crippen molar-refractivity contribution in [2.75, 3.05) is 25.0 Å². The maximum atomic E-state index is 13.1. The van der Waals surface area contributed by atoms with E-state index in [0.717, 1.165) is 36.5 Å². The molecule has 28 heavy (non-hydrogen) atoms. The summed E-state index contributed by atoms with van der Waals surface area (Å²) in [6.45, 7) is 1.59. The first-order valence-corrected chi connectivity index (χ1v) is 9.28. The Hall–Kier alpha value is -2.45. The molecular formula is C19H23ClN4O4. The van der Waals surface area contributed by atoms with Crippen LogP contribution in [0.2, 0.25) is 0 Å². The molecule has 0 spiro atoms. The van der Waals surface area contributed by atoms with E-state index in [-0.39, 0.29) is 31.2 Å². The lowest BCUT2D eigenvalue weighted by atomic mass is 10.0. The summed E-state index contributed by atoms with van der Waals surface area (Å²) in [6.07, 6.45) is 2.20. The monoisotopic (exact) mass is 406 g/mol. The van der Waals surface area contributed by atoms with Crippen LogP contribution in [0, 0.1) is 0 Å². The third kappa shape index (κ3) is 3.27. The van der Waals surface area contributed by atoms with Gasteiger partial charge in [0.05, 0.1) is 16.8 Å². The fraction of sp³-hybridized carbons (Fsp3) is 0.474. The number of amides is 4. The highest BCUT2D eigenvalue weighted by Crippen LogP contribution is 2.35. The van der Waals surface area contributed by atoms with Crippen LogP contribution >= 0.6 is 12.4 Å². The number of piperidine rings is 2. The van der Waals surface area contributed by atoms with Crippen LogP contribution in [-0.2, 0) is 9.59 Å². The first-order valence-electron chi connectivity index (χ1n) is 9.28. The van der Waals surface area contributed by atoms with E-state index in [2.05, 4.69) is 15.5 Å². The van der Waals surface area contributed by atoms with Crippen molar-refractivity contribution in [3.05, 3.63) is 29.3 Å². The van der Waals surface area contributed by atoms with E-state index in [1.54, 1.807) is 12.1 Å². The van der Waals surface area contributed by atoms with Gasteiger partial charge in [-0.1, -0.05) is 6.07 Å². The highest BCUT2D eigenvalue weighted by Gasteiger charge is 2.46. The van der Waals surface area contributed by atoms with Crippen LogP contribution in [0.15, 0.2) is 18.2 Å². The van der Waals surface area contributed by atoms with E-state index >= 15 is 0 Å². The topological polar surface area (TPSA) is 98.8 Å². The van der Waals surface area contributed by atoms with Gasteiger partial charge in [0, 0.05) is 25.6 Å². The molecule has 0 radical (unpaired) electrons. The van der Waals surface area contributed by atoms with Crippen LogP contribution in [0.3, 0.4) is 0 Å². The molecule has 1 unspecified atom stereocenters. The van der Waals surface area contributed by atoms with Gasteiger partial charge in [0.15, 0.2) is 0 Å². The average molecular weight is 407 g/mol. The van der Waals surface area contributed by atoms with E-state index in [9.17, 15) is 19.2 Å². The van der Waals surface area contributed by atoms with Gasteiger partial charge in [-0.05, 0) is 38.4 Å². The summed E-state index contributed by atoms with van der Waals surface area (Å²) in [5.41, 5.74) is 1.45. The number of carbonyl (C=O) groups excluding carboxylic acids is 4. The van der Waals surface area contributed by atoms with Gasteiger partial charge < -0.3 is 10.2 Å². The predicted molar refractivity (Wildman–Crippen MR) is 105 cm³/mol. The molecule has 1 atom stereocenters. The molecule has 3 aliphatic rings. The number of anilines is 1. The van der Waals surface area contributed by atoms with Gasteiger partial charge in [-0.15, -0.1) is 12.4 Å². The van der Waals surface area contributed by atoms with Crippen LogP contribution in [0.4, 0.5) is 5.69 Å². The lowest BCUT2D eigenvalue weighted by Crippen LogP contribution is -2.54. The standard InChI is InChI=1S/C19H22N4O4.ClH/c1-20-11-7-9-22(10-8-11)13-4-2-3-12-16(13)19(27)23(18(12)26)14-5-6-15(24)21-17(14)25;/h2-4,11,14,20H,5-10H2,1H3,(H,21,24,25);1H. The predicted octanol–water partition coefficient (Wildman–Crippen LogP) is 0.698. The second-order valence-electron chi connectivity index (χ2n) is 7.20. The summed E-state index contributed by atoms with van der Waals surface area (Å²) in [7, 11) is 1.95. The van der Waals surface area contributed by atoms with Gasteiger partial charge in [-0.25, -0.2) is 0 Å². The summed E-state index contributed by atoms with van der Waals surface area (Å²) in [6, 6.07) is 4.79. The SMILES string of the molecule is CNC1CCN(c2cccc3c2C(=O)N(C2CCC(=O)NC2=O)C3=O)CC1.Cl. The Balaban J connectivity index is 0.00000225. The van der Waals surface area contributed by atoms with Crippen molar-refractivity contribution in [2.45, 2.75) is 37.8 Å². The van der Waals surface area contributed by atoms with Crippen molar-refractivity contribution < 1.29 is 19.2 Å². The van der Waals surface area contributed by atoms with Crippen molar-refractivity contribution in [1.29, 1.82) is 0 Å². The van der Waals surface area contributed by atoms with Crippen LogP contribution in [0.1, 0.15) is 46.4 Å². The maximum Gasteiger partial charge on any atom is 0.264 e. The largest absolute Gasteiger partial charge is 0.371 e. The number of nitrogens with zero attached hydrogens (tertiary/aromatic N) is 2. The quantitative estimate of drug-likeness (QED) is 0.717. The summed E-state index contributed by atoms with van der Waals surface area (Å²) < 4.78 is 0. The molecule has 4 rings (SSSR count). The fourth-order valence-corrected chi connectivity index (χ4v) is 4.17. The van der Waals surface area contributed by atoms with E-state index in [0.29, 0.717) is 17.2 Å². The second-order valence-corrected chi connectivity index (χ2v) is 7.20. The van der Waals surface area contributed by atoms with Gasteiger partial charge in [-0.2, -0.15) is 0 Å². The number of benzene rings is 1. The Kier molecular flexibility index (Phi) is 5.71. The van der Waals surface area contributed by atoms with Gasteiger partial charge >= 0.3 is 0 Å². The summed E-state index contributed by atoms with van der Waals surface area (Å²) >= 11 is 0. The molecule has 3 aliphatic heterocycles. The molecule has 0 aliphatic carbocycles. The first-order chi connectivity index (χ1) is 13.0. The number of halogens is 1. The Morgan fingerprint density at radius 3 is 2.39 bits per heavy atom. The Labute approximate surface area is 169 Å². The van der Waals surface area contributed by atoms with Crippen LogP contribution < -0.4 is 15.5 Å². The third-order valence-corrected chi connectivity index (χ3v) is 5.69. The normalized spacial score (nSPS) is 22.8. The smallest absolute Gasteiger partial charge is 0.264 e. The Morgan fingerprint density at radius 2 is 1.75 bits per heavy atom. The number of imide groups is 2. The highest BCUT2D eigenvalue weighted by atomic mass is 35.5. The van der Waals surface area contributed by atoms with Crippen LogP contribution in [0.5, 0.6) is 0 Å². The first kappa shape index (κ1) is 20.3. The van der Waals surface area contributed by atoms with Gasteiger partial charge in [0.25, 0.3) is 11.8 Å². The zero-order valence-corrected chi connectivity index (χ0v) is 16.4. The lowest BCUT2D eigenvalue weighted by Gasteiger charge is -2.34. The molecule has 2 N–H and O–H groups in total. The molecule has 1 aromatic rings. The van der Waals surface area contributed by atoms with Crippen LogP contribution in [0.25, 0.3) is 0 Å². The van der Waals surface area contributed by atoms with E-state index in [4.69, 9.17) is 0 Å². The number of fused-ring (bicyclic) bond motifs is 1. The Morgan fingerprint density at radius 1 is 1.04 bits per heavy atom. The zero-order valence-electron chi connectivity index (χ0n) is 15.6. The highest BCUT2D eigenvalue weighted by molar-refractivity contribution is 6.25. The average Bonchev–Trinajstić information content (AvgIpc) is 2.93. The third-order valence-electron chi connectivity index (χ3n) is 5.69. The number of nitrogens with one attached hydrogen (secondary N) is 2. The van der Waals surface area contributed by atoms with E-state index in [1.807, 2.05) is 13.1 Å². The number of hydrogen-bond acceptors (Lipinski definition) is 6. The van der Waals surface area contributed by atoms with Gasteiger partial charge in [0.1, 0.15) is 6.04 Å². The number of rotatable bonds is 3. The molecule has 0 bridgehead atoms. The molecule has 1 aromatic carbocycles. The molecule has 9 heteroatoms. The van der Waals surface area contributed by atoms with Crippen molar-refractivity contribution in [3.8, 4) is 0 Å². The van der Waals surface area contributed by atoms with E-state index in [1.165, 1.54) is 0 Å². The minimum Gasteiger partial charge on any atom is -0.371 e. The molecule has 2 fully saturated rings. The summed E-state index contributed by atoms with van der Waals surface area (Å²) in [5, 5.41) is 5.50.